The molecule has 5 nitrogen and oxygen atoms in total. The summed E-state index contributed by atoms with van der Waals surface area (Å²) in [6.07, 6.45) is 3.30. The Morgan fingerprint density at radius 3 is 2.68 bits per heavy atom. The summed E-state index contributed by atoms with van der Waals surface area (Å²) < 4.78 is 1.86. The van der Waals surface area contributed by atoms with Crippen molar-refractivity contribution in [3.63, 3.8) is 0 Å². The van der Waals surface area contributed by atoms with Gasteiger partial charge in [0.05, 0.1) is 11.4 Å². The molecule has 0 aliphatic heterocycles. The normalized spacial score (nSPS) is 11.1. The standard InChI is InChI=1S/C21H25ClN4OS/c1-6-7-9-16-13(3)25-26(15(16)5)21-23-14(4)19(28-21)20(27)24-18-11-8-10-17(22)12(18)2/h8,10-11H,6-7,9H2,1-5H3,(H,24,27). The number of rotatable bonds is 6. The largest absolute Gasteiger partial charge is 0.321 e. The van der Waals surface area contributed by atoms with Crippen LogP contribution in [0.5, 0.6) is 0 Å². The van der Waals surface area contributed by atoms with Crippen molar-refractivity contribution >= 4 is 34.5 Å². The number of halogens is 1. The molecule has 1 amide bonds. The highest BCUT2D eigenvalue weighted by molar-refractivity contribution is 7.16. The highest BCUT2D eigenvalue weighted by Gasteiger charge is 2.20. The molecule has 0 saturated carbocycles. The van der Waals surface area contributed by atoms with Crippen LogP contribution in [0.25, 0.3) is 5.13 Å². The van der Waals surface area contributed by atoms with E-state index in [2.05, 4.69) is 29.2 Å². The smallest absolute Gasteiger partial charge is 0.267 e. The van der Waals surface area contributed by atoms with Crippen LogP contribution in [0.2, 0.25) is 5.02 Å². The number of hydrogen-bond donors (Lipinski definition) is 1. The van der Waals surface area contributed by atoms with E-state index >= 15 is 0 Å². The zero-order chi connectivity index (χ0) is 20.4. The van der Waals surface area contributed by atoms with Crippen LogP contribution >= 0.6 is 22.9 Å². The van der Waals surface area contributed by atoms with Crippen molar-refractivity contribution in [2.24, 2.45) is 0 Å². The number of hydrogen-bond acceptors (Lipinski definition) is 4. The molecule has 7 heteroatoms. The lowest BCUT2D eigenvalue weighted by molar-refractivity contribution is 0.102. The lowest BCUT2D eigenvalue weighted by atomic mass is 10.1. The fourth-order valence-electron chi connectivity index (χ4n) is 3.18. The van der Waals surface area contributed by atoms with Crippen LogP contribution in [0.3, 0.4) is 0 Å². The quantitative estimate of drug-likeness (QED) is 0.551. The first-order chi connectivity index (χ1) is 13.3. The topological polar surface area (TPSA) is 59.8 Å². The summed E-state index contributed by atoms with van der Waals surface area (Å²) in [5, 5.41) is 8.96. The van der Waals surface area contributed by atoms with E-state index in [4.69, 9.17) is 11.6 Å². The number of anilines is 1. The molecule has 3 rings (SSSR count). The SMILES string of the molecule is CCCCc1c(C)nn(-c2nc(C)c(C(=O)Nc3cccc(Cl)c3C)s2)c1C. The van der Waals surface area contributed by atoms with Crippen molar-refractivity contribution < 1.29 is 4.79 Å². The number of unbranched alkanes of at least 4 members (excludes halogenated alkanes) is 1. The minimum atomic E-state index is -0.181. The minimum absolute atomic E-state index is 0.181. The van der Waals surface area contributed by atoms with Crippen molar-refractivity contribution in [1.82, 2.24) is 14.8 Å². The molecule has 2 heterocycles. The number of thiazole rings is 1. The molecule has 0 bridgehead atoms. The second-order valence-electron chi connectivity index (χ2n) is 6.94. The second kappa shape index (κ2) is 8.45. The molecule has 0 atom stereocenters. The van der Waals surface area contributed by atoms with E-state index in [1.54, 1.807) is 0 Å². The van der Waals surface area contributed by atoms with Crippen molar-refractivity contribution in [3.8, 4) is 5.13 Å². The van der Waals surface area contributed by atoms with Gasteiger partial charge in [-0.3, -0.25) is 4.79 Å². The summed E-state index contributed by atoms with van der Waals surface area (Å²) in [4.78, 5) is 18.0. The number of carbonyl (C=O) groups excluding carboxylic acids is 1. The predicted octanol–water partition coefficient (Wildman–Crippen LogP) is 5.81. The van der Waals surface area contributed by atoms with Gasteiger partial charge in [-0.15, -0.1) is 0 Å². The molecular formula is C21H25ClN4OS. The lowest BCUT2D eigenvalue weighted by Crippen LogP contribution is -2.12. The molecule has 1 aromatic carbocycles. The Bertz CT molecular complexity index is 1020. The summed E-state index contributed by atoms with van der Waals surface area (Å²) in [6.45, 7) is 10.0. The zero-order valence-corrected chi connectivity index (χ0v) is 18.5. The third-order valence-corrected chi connectivity index (χ3v) is 6.45. The Morgan fingerprint density at radius 2 is 1.96 bits per heavy atom. The maximum atomic E-state index is 12.8. The van der Waals surface area contributed by atoms with Gasteiger partial charge < -0.3 is 5.32 Å². The second-order valence-corrected chi connectivity index (χ2v) is 8.33. The summed E-state index contributed by atoms with van der Waals surface area (Å²) in [6, 6.07) is 5.47. The van der Waals surface area contributed by atoms with Crippen molar-refractivity contribution in [3.05, 3.63) is 56.3 Å². The van der Waals surface area contributed by atoms with Crippen molar-refractivity contribution in [2.45, 2.75) is 53.9 Å². The van der Waals surface area contributed by atoms with Crippen LogP contribution in [0.4, 0.5) is 5.69 Å². The van der Waals surface area contributed by atoms with E-state index in [1.165, 1.54) is 16.9 Å². The summed E-state index contributed by atoms with van der Waals surface area (Å²) in [5.41, 5.74) is 5.64. The van der Waals surface area contributed by atoms with Gasteiger partial charge in [0, 0.05) is 16.4 Å². The van der Waals surface area contributed by atoms with E-state index in [0.717, 1.165) is 36.2 Å². The van der Waals surface area contributed by atoms with Crippen molar-refractivity contribution in [2.75, 3.05) is 5.32 Å². The highest BCUT2D eigenvalue weighted by Crippen LogP contribution is 2.28. The summed E-state index contributed by atoms with van der Waals surface area (Å²) >= 11 is 7.51. The Balaban J connectivity index is 1.89. The van der Waals surface area contributed by atoms with E-state index in [1.807, 2.05) is 43.7 Å². The predicted molar refractivity (Wildman–Crippen MR) is 116 cm³/mol. The van der Waals surface area contributed by atoms with Gasteiger partial charge in [0.15, 0.2) is 0 Å². The Kier molecular flexibility index (Phi) is 6.20. The van der Waals surface area contributed by atoms with Crippen LogP contribution < -0.4 is 5.32 Å². The third-order valence-electron chi connectivity index (χ3n) is 4.91. The number of carbonyl (C=O) groups is 1. The van der Waals surface area contributed by atoms with Gasteiger partial charge in [0.1, 0.15) is 4.88 Å². The van der Waals surface area contributed by atoms with Gasteiger partial charge >= 0.3 is 0 Å². The van der Waals surface area contributed by atoms with Crippen molar-refractivity contribution in [1.29, 1.82) is 0 Å². The molecule has 148 valence electrons. The monoisotopic (exact) mass is 416 g/mol. The molecule has 0 spiro atoms. The number of benzene rings is 1. The molecule has 3 aromatic rings. The molecule has 0 unspecified atom stereocenters. The highest BCUT2D eigenvalue weighted by atomic mass is 35.5. The van der Waals surface area contributed by atoms with Crippen LogP contribution in [0.15, 0.2) is 18.2 Å². The average molecular weight is 417 g/mol. The maximum absolute atomic E-state index is 12.8. The molecular weight excluding hydrogens is 392 g/mol. The summed E-state index contributed by atoms with van der Waals surface area (Å²) in [5.74, 6) is -0.181. The molecule has 0 fully saturated rings. The first-order valence-corrected chi connectivity index (χ1v) is 10.6. The van der Waals surface area contributed by atoms with Gasteiger partial charge in [-0.25, -0.2) is 9.67 Å². The first-order valence-electron chi connectivity index (χ1n) is 9.42. The zero-order valence-electron chi connectivity index (χ0n) is 16.9. The number of aryl methyl sites for hydroxylation is 2. The number of nitrogens with one attached hydrogen (secondary N) is 1. The lowest BCUT2D eigenvalue weighted by Gasteiger charge is -2.08. The Labute approximate surface area is 174 Å². The number of nitrogens with zero attached hydrogens (tertiary/aromatic N) is 3. The fourth-order valence-corrected chi connectivity index (χ4v) is 4.32. The van der Waals surface area contributed by atoms with Gasteiger partial charge in [0.25, 0.3) is 5.91 Å². The van der Waals surface area contributed by atoms with E-state index < -0.39 is 0 Å². The van der Waals surface area contributed by atoms with Crippen LogP contribution in [-0.4, -0.2) is 20.7 Å². The third kappa shape index (κ3) is 3.98. The van der Waals surface area contributed by atoms with E-state index in [-0.39, 0.29) is 5.91 Å². The fraction of sp³-hybridized carbons (Fsp3) is 0.381. The molecule has 0 aliphatic carbocycles. The van der Waals surface area contributed by atoms with Gasteiger partial charge in [0.2, 0.25) is 5.13 Å². The number of amides is 1. The maximum Gasteiger partial charge on any atom is 0.267 e. The van der Waals surface area contributed by atoms with E-state index in [9.17, 15) is 4.79 Å². The van der Waals surface area contributed by atoms with E-state index in [0.29, 0.717) is 26.4 Å². The van der Waals surface area contributed by atoms with Crippen LogP contribution in [0, 0.1) is 27.7 Å². The minimum Gasteiger partial charge on any atom is -0.321 e. The molecule has 2 aromatic heterocycles. The molecule has 0 saturated heterocycles. The molecule has 0 radical (unpaired) electrons. The van der Waals surface area contributed by atoms with Gasteiger partial charge in [-0.2, -0.15) is 5.10 Å². The molecule has 0 aliphatic rings. The Hall–Kier alpha value is -2.18. The first kappa shape index (κ1) is 20.6. The van der Waals surface area contributed by atoms with Gasteiger partial charge in [-0.1, -0.05) is 42.3 Å². The Morgan fingerprint density at radius 1 is 1.21 bits per heavy atom. The van der Waals surface area contributed by atoms with Crippen LogP contribution in [0.1, 0.15) is 57.6 Å². The van der Waals surface area contributed by atoms with Gasteiger partial charge in [-0.05, 0) is 63.8 Å². The summed E-state index contributed by atoms with van der Waals surface area (Å²) in [7, 11) is 0. The number of aromatic nitrogens is 3. The molecule has 1 N–H and O–H groups in total. The average Bonchev–Trinajstić information content (AvgIpc) is 3.17. The molecule has 28 heavy (non-hydrogen) atoms. The van der Waals surface area contributed by atoms with Crippen LogP contribution in [-0.2, 0) is 6.42 Å².